The van der Waals surface area contributed by atoms with Crippen molar-refractivity contribution in [1.29, 1.82) is 0 Å². The molecular weight excluding hydrogens is 511 g/mol. The molecule has 2 atom stereocenters. The first-order chi connectivity index (χ1) is 16.8. The number of hydrogen-bond donors (Lipinski definition) is 3. The Kier molecular flexibility index (Phi) is 6.75. The van der Waals surface area contributed by atoms with Crippen LogP contribution in [0.2, 0.25) is 0 Å². The van der Waals surface area contributed by atoms with Crippen LogP contribution in [0.15, 0.2) is 54.9 Å². The van der Waals surface area contributed by atoms with Gasteiger partial charge in [0, 0.05) is 60.2 Å². The van der Waals surface area contributed by atoms with Crippen LogP contribution in [-0.4, -0.2) is 48.6 Å². The quantitative estimate of drug-likeness (QED) is 0.266. The number of urea groups is 1. The first-order valence-electron chi connectivity index (χ1n) is 10.5. The van der Waals surface area contributed by atoms with Gasteiger partial charge in [0.1, 0.15) is 11.6 Å². The van der Waals surface area contributed by atoms with Crippen LogP contribution in [-0.2, 0) is 10.1 Å². The monoisotopic (exact) mass is 530 g/mol. The fourth-order valence-electron chi connectivity index (χ4n) is 4.22. The molecule has 2 heterocycles. The summed E-state index contributed by atoms with van der Waals surface area (Å²) in [7, 11) is -5.84. The van der Waals surface area contributed by atoms with Crippen molar-refractivity contribution in [2.24, 2.45) is 11.8 Å². The molecule has 8 nitrogen and oxygen atoms in total. The van der Waals surface area contributed by atoms with Gasteiger partial charge in [-0.3, -0.25) is 9.54 Å². The molecule has 1 aromatic heterocycles. The summed E-state index contributed by atoms with van der Waals surface area (Å²) in [5, 5.41) is 7.82. The zero-order valence-corrected chi connectivity index (χ0v) is 19.0. The number of halogens is 5. The van der Waals surface area contributed by atoms with Gasteiger partial charge in [-0.15, -0.1) is 0 Å². The molecule has 0 spiro atoms. The van der Waals surface area contributed by atoms with Crippen LogP contribution < -0.4 is 15.5 Å². The van der Waals surface area contributed by atoms with Gasteiger partial charge in [-0.25, -0.2) is 13.6 Å². The molecule has 2 aliphatic rings. The fourth-order valence-corrected chi connectivity index (χ4v) is 4.22. The number of anilines is 2. The number of aromatic nitrogens is 1. The Morgan fingerprint density at radius 1 is 1.08 bits per heavy atom. The maximum absolute atomic E-state index is 14.0. The smallest absolute Gasteiger partial charge is 0.368 e. The molecule has 1 aliphatic carbocycles. The first kappa shape index (κ1) is 25.6. The van der Waals surface area contributed by atoms with E-state index >= 15 is 0 Å². The number of amides is 2. The third kappa shape index (κ3) is 5.49. The molecular formula is C22H19F5N4O4S. The molecule has 2 amide bonds. The lowest BCUT2D eigenvalue weighted by Crippen LogP contribution is -2.37. The van der Waals surface area contributed by atoms with E-state index in [-0.39, 0.29) is 23.9 Å². The van der Waals surface area contributed by atoms with Crippen LogP contribution in [0.1, 0.15) is 0 Å². The summed E-state index contributed by atoms with van der Waals surface area (Å²) in [6, 6.07) is 11.0. The molecule has 36 heavy (non-hydrogen) atoms. The number of benzene rings is 2. The van der Waals surface area contributed by atoms with Crippen molar-refractivity contribution in [3.63, 3.8) is 0 Å². The SMILES string of the molecule is O=C(Nc1cccc2cnccc12)NC1C2CN(c3ccc(F)cc3F)CC21.O=S(=O)(O)C(F)(F)F. The summed E-state index contributed by atoms with van der Waals surface area (Å²) in [4.78, 5) is 18.4. The maximum atomic E-state index is 14.0. The summed E-state index contributed by atoms with van der Waals surface area (Å²) in [6.07, 6.45) is 3.45. The van der Waals surface area contributed by atoms with Gasteiger partial charge in [0.05, 0.1) is 11.4 Å². The number of carbonyl (C=O) groups excluding carboxylic acids is 1. The lowest BCUT2D eigenvalue weighted by atomic mass is 10.1. The average Bonchev–Trinajstić information content (AvgIpc) is 3.21. The van der Waals surface area contributed by atoms with Gasteiger partial charge in [-0.1, -0.05) is 12.1 Å². The normalized spacial score (nSPS) is 20.8. The highest BCUT2D eigenvalue weighted by Gasteiger charge is 2.56. The standard InChI is InChI=1S/C21H18F2N4O.CHF3O3S/c22-13-4-5-19(17(23)8-13)27-10-15-16(11-27)20(15)26-21(28)25-18-3-1-2-12-9-24-7-6-14(12)18;2-1(3,4)8(5,6)7/h1-9,15-16,20H,10-11H2,(H2,25,26,28);(H,5,6,7). The number of carbonyl (C=O) groups is 1. The van der Waals surface area contributed by atoms with E-state index in [1.807, 2.05) is 29.2 Å². The van der Waals surface area contributed by atoms with E-state index in [9.17, 15) is 26.7 Å². The van der Waals surface area contributed by atoms with Gasteiger partial charge in [-0.05, 0) is 24.3 Å². The molecule has 3 N–H and O–H groups in total. The number of alkyl halides is 3. The second kappa shape index (κ2) is 9.50. The average molecular weight is 530 g/mol. The highest BCUT2D eigenvalue weighted by Crippen LogP contribution is 2.47. The molecule has 1 saturated heterocycles. The summed E-state index contributed by atoms with van der Waals surface area (Å²) in [6.45, 7) is 1.30. The second-order valence-corrected chi connectivity index (χ2v) is 9.69. The molecule has 5 rings (SSSR count). The summed E-state index contributed by atoms with van der Waals surface area (Å²) in [5.41, 5.74) is -4.38. The highest BCUT2D eigenvalue weighted by atomic mass is 32.2. The van der Waals surface area contributed by atoms with E-state index in [0.29, 0.717) is 18.8 Å². The lowest BCUT2D eigenvalue weighted by molar-refractivity contribution is -0.0510. The van der Waals surface area contributed by atoms with Crippen LogP contribution >= 0.6 is 0 Å². The lowest BCUT2D eigenvalue weighted by Gasteiger charge is -2.23. The number of rotatable bonds is 3. The van der Waals surface area contributed by atoms with Gasteiger partial charge in [0.25, 0.3) is 0 Å². The van der Waals surface area contributed by atoms with Crippen molar-refractivity contribution in [3.05, 3.63) is 66.5 Å². The van der Waals surface area contributed by atoms with Crippen molar-refractivity contribution in [2.75, 3.05) is 23.3 Å². The molecule has 2 aromatic carbocycles. The van der Waals surface area contributed by atoms with Gasteiger partial charge in [0.15, 0.2) is 0 Å². The van der Waals surface area contributed by atoms with E-state index in [2.05, 4.69) is 15.6 Å². The molecule has 2 fully saturated rings. The Labute approximate surface area is 201 Å². The fraction of sp³-hybridized carbons (Fsp3) is 0.273. The van der Waals surface area contributed by atoms with Crippen LogP contribution in [0.25, 0.3) is 10.8 Å². The third-order valence-corrected chi connectivity index (χ3v) is 6.55. The van der Waals surface area contributed by atoms with Crippen molar-refractivity contribution < 1.29 is 39.7 Å². The number of hydrogen-bond acceptors (Lipinski definition) is 5. The van der Waals surface area contributed by atoms with Crippen molar-refractivity contribution >= 4 is 38.3 Å². The summed E-state index contributed by atoms with van der Waals surface area (Å²) >= 11 is 0. The Balaban J connectivity index is 0.000000331. The minimum Gasteiger partial charge on any atom is -0.368 e. The highest BCUT2D eigenvalue weighted by molar-refractivity contribution is 7.86. The summed E-state index contributed by atoms with van der Waals surface area (Å²) in [5.74, 6) is -0.557. The van der Waals surface area contributed by atoms with E-state index in [1.165, 1.54) is 12.1 Å². The zero-order chi connectivity index (χ0) is 26.3. The Morgan fingerprint density at radius 2 is 1.75 bits per heavy atom. The van der Waals surface area contributed by atoms with Gasteiger partial charge >= 0.3 is 21.7 Å². The molecule has 0 bridgehead atoms. The van der Waals surface area contributed by atoms with Crippen LogP contribution in [0.4, 0.5) is 38.1 Å². The molecule has 1 saturated carbocycles. The largest absolute Gasteiger partial charge is 0.522 e. The molecule has 192 valence electrons. The van der Waals surface area contributed by atoms with Crippen molar-refractivity contribution in [1.82, 2.24) is 10.3 Å². The topological polar surface area (TPSA) is 112 Å². The number of pyridine rings is 1. The van der Waals surface area contributed by atoms with Gasteiger partial charge < -0.3 is 15.5 Å². The number of piperidine rings is 1. The molecule has 0 radical (unpaired) electrons. The second-order valence-electron chi connectivity index (χ2n) is 8.28. The van der Waals surface area contributed by atoms with E-state index in [1.54, 1.807) is 12.4 Å². The maximum Gasteiger partial charge on any atom is 0.522 e. The Hall–Kier alpha value is -3.52. The van der Waals surface area contributed by atoms with E-state index in [4.69, 9.17) is 13.0 Å². The Morgan fingerprint density at radius 3 is 2.36 bits per heavy atom. The zero-order valence-electron chi connectivity index (χ0n) is 18.2. The van der Waals surface area contributed by atoms with Crippen LogP contribution in [0.5, 0.6) is 0 Å². The minimum atomic E-state index is -5.84. The van der Waals surface area contributed by atoms with Gasteiger partial charge in [-0.2, -0.15) is 21.6 Å². The summed E-state index contributed by atoms with van der Waals surface area (Å²) < 4.78 is 84.6. The van der Waals surface area contributed by atoms with E-state index in [0.717, 1.165) is 22.5 Å². The molecule has 1 aliphatic heterocycles. The number of nitrogens with one attached hydrogen (secondary N) is 2. The van der Waals surface area contributed by atoms with Crippen molar-refractivity contribution in [3.8, 4) is 0 Å². The third-order valence-electron chi connectivity index (χ3n) is 5.96. The van der Waals surface area contributed by atoms with Gasteiger partial charge in [0.2, 0.25) is 0 Å². The van der Waals surface area contributed by atoms with Crippen LogP contribution in [0.3, 0.4) is 0 Å². The predicted octanol–water partition coefficient (Wildman–Crippen LogP) is 4.16. The Bertz CT molecular complexity index is 1390. The number of fused-ring (bicyclic) bond motifs is 2. The first-order valence-corrected chi connectivity index (χ1v) is 11.9. The molecule has 3 aromatic rings. The predicted molar refractivity (Wildman–Crippen MR) is 121 cm³/mol. The number of nitrogens with zero attached hydrogens (tertiary/aromatic N) is 2. The minimum absolute atomic E-state index is 0.0800. The van der Waals surface area contributed by atoms with Crippen molar-refractivity contribution in [2.45, 2.75) is 11.6 Å². The molecule has 2 unspecified atom stereocenters. The van der Waals surface area contributed by atoms with E-state index < -0.39 is 27.3 Å². The van der Waals surface area contributed by atoms with Crippen LogP contribution in [0, 0.1) is 23.5 Å². The molecule has 14 heteroatoms.